The number of amides is 2. The number of hydrogen-bond acceptors (Lipinski definition) is 6. The van der Waals surface area contributed by atoms with Gasteiger partial charge in [-0.15, -0.1) is 0 Å². The molecular formula is C33H33N7O2. The van der Waals surface area contributed by atoms with Gasteiger partial charge in [0.15, 0.2) is 0 Å². The SMILES string of the molecule is Cc1ccc2[nH]cc(-c3nc(Nc4cccc(NC(=O)c5ccc(NC(=O)/C=C/CN(C)C)cc5)c4)ncc3C)c2c1. The summed E-state index contributed by atoms with van der Waals surface area (Å²) in [6.07, 6.45) is 7.06. The molecule has 9 nitrogen and oxygen atoms in total. The Morgan fingerprint density at radius 3 is 2.50 bits per heavy atom. The Balaban J connectivity index is 1.25. The second-order valence-corrected chi connectivity index (χ2v) is 10.4. The molecule has 0 aliphatic rings. The van der Waals surface area contributed by atoms with Crippen LogP contribution in [0.15, 0.2) is 91.3 Å². The summed E-state index contributed by atoms with van der Waals surface area (Å²) in [4.78, 5) is 39.5. The standard InChI is InChI=1S/C33H33N7O2/c1-21-10-15-29-27(17-21)28(20-34-29)31-22(2)19-35-33(39-31)38-26-8-5-7-25(18-26)37-32(42)23-11-13-24(14-12-23)36-30(41)9-6-16-40(3)4/h5-15,17-20,34H,16H2,1-4H3,(H,36,41)(H,37,42)(H,35,38,39)/b9-6+. The number of aryl methyl sites for hydroxylation is 2. The van der Waals surface area contributed by atoms with Crippen LogP contribution in [0.4, 0.5) is 23.0 Å². The van der Waals surface area contributed by atoms with Gasteiger partial charge in [0.1, 0.15) is 0 Å². The predicted molar refractivity (Wildman–Crippen MR) is 169 cm³/mol. The van der Waals surface area contributed by atoms with E-state index >= 15 is 0 Å². The van der Waals surface area contributed by atoms with Gasteiger partial charge in [0.2, 0.25) is 11.9 Å². The second-order valence-electron chi connectivity index (χ2n) is 10.4. The third-order valence-corrected chi connectivity index (χ3v) is 6.60. The van der Waals surface area contributed by atoms with Gasteiger partial charge >= 0.3 is 0 Å². The number of carbonyl (C=O) groups is 2. The molecule has 0 fully saturated rings. The lowest BCUT2D eigenvalue weighted by atomic mass is 10.1. The van der Waals surface area contributed by atoms with E-state index in [0.29, 0.717) is 29.4 Å². The summed E-state index contributed by atoms with van der Waals surface area (Å²) < 4.78 is 0. The number of benzene rings is 3. The largest absolute Gasteiger partial charge is 0.360 e. The van der Waals surface area contributed by atoms with Gasteiger partial charge in [-0.3, -0.25) is 9.59 Å². The summed E-state index contributed by atoms with van der Waals surface area (Å²) >= 11 is 0. The molecular weight excluding hydrogens is 526 g/mol. The Hall–Kier alpha value is -5.28. The van der Waals surface area contributed by atoms with Gasteiger partial charge in [-0.2, -0.15) is 0 Å². The van der Waals surface area contributed by atoms with Crippen molar-refractivity contribution >= 4 is 45.7 Å². The average Bonchev–Trinajstić information content (AvgIpc) is 3.37. The number of nitrogens with one attached hydrogen (secondary N) is 4. The molecule has 0 aliphatic heterocycles. The molecule has 2 heterocycles. The van der Waals surface area contributed by atoms with Crippen LogP contribution >= 0.6 is 0 Å². The van der Waals surface area contributed by atoms with E-state index < -0.39 is 0 Å². The van der Waals surface area contributed by atoms with E-state index in [9.17, 15) is 9.59 Å². The van der Waals surface area contributed by atoms with E-state index in [-0.39, 0.29) is 11.8 Å². The third-order valence-electron chi connectivity index (χ3n) is 6.60. The zero-order valence-corrected chi connectivity index (χ0v) is 24.0. The van der Waals surface area contributed by atoms with Gasteiger partial charge in [0.25, 0.3) is 5.91 Å². The molecule has 2 amide bonds. The number of likely N-dealkylation sites (N-methyl/N-ethyl adjacent to an activating group) is 1. The van der Waals surface area contributed by atoms with Gasteiger partial charge < -0.3 is 25.8 Å². The fraction of sp³-hybridized carbons (Fsp3) is 0.152. The van der Waals surface area contributed by atoms with Crippen LogP contribution < -0.4 is 16.0 Å². The highest BCUT2D eigenvalue weighted by molar-refractivity contribution is 6.05. The van der Waals surface area contributed by atoms with Crippen molar-refractivity contribution in [2.75, 3.05) is 36.6 Å². The van der Waals surface area contributed by atoms with Crippen LogP contribution in [0, 0.1) is 13.8 Å². The van der Waals surface area contributed by atoms with Crippen LogP contribution in [0.5, 0.6) is 0 Å². The Bertz CT molecular complexity index is 1770. The fourth-order valence-corrected chi connectivity index (χ4v) is 4.47. The van der Waals surface area contributed by atoms with Crippen molar-refractivity contribution < 1.29 is 9.59 Å². The molecule has 0 unspecified atom stereocenters. The number of hydrogen-bond donors (Lipinski definition) is 4. The molecule has 0 spiro atoms. The molecule has 5 aromatic rings. The number of carbonyl (C=O) groups excluding carboxylic acids is 2. The fourth-order valence-electron chi connectivity index (χ4n) is 4.47. The van der Waals surface area contributed by atoms with Gasteiger partial charge in [0.05, 0.1) is 5.69 Å². The third kappa shape index (κ3) is 6.89. The zero-order valence-electron chi connectivity index (χ0n) is 24.0. The van der Waals surface area contributed by atoms with Crippen molar-refractivity contribution in [3.8, 4) is 11.3 Å². The molecule has 0 saturated heterocycles. The number of aromatic amines is 1. The van der Waals surface area contributed by atoms with Crippen molar-refractivity contribution in [3.63, 3.8) is 0 Å². The minimum absolute atomic E-state index is 0.223. The maximum atomic E-state index is 12.9. The molecule has 2 aromatic heterocycles. The molecule has 42 heavy (non-hydrogen) atoms. The topological polar surface area (TPSA) is 115 Å². The molecule has 212 valence electrons. The Morgan fingerprint density at radius 2 is 1.71 bits per heavy atom. The summed E-state index contributed by atoms with van der Waals surface area (Å²) in [7, 11) is 3.86. The molecule has 0 bridgehead atoms. The van der Waals surface area contributed by atoms with Gasteiger partial charge in [0, 0.05) is 64.1 Å². The minimum atomic E-state index is -0.264. The van der Waals surface area contributed by atoms with Crippen molar-refractivity contribution in [1.29, 1.82) is 0 Å². The summed E-state index contributed by atoms with van der Waals surface area (Å²) in [5.74, 6) is -0.0331. The van der Waals surface area contributed by atoms with Crippen LogP contribution in [0.2, 0.25) is 0 Å². The summed E-state index contributed by atoms with van der Waals surface area (Å²) in [6, 6.07) is 20.4. The van der Waals surface area contributed by atoms with Gasteiger partial charge in [-0.05, 0) is 88.1 Å². The van der Waals surface area contributed by atoms with Crippen LogP contribution in [0.3, 0.4) is 0 Å². The van der Waals surface area contributed by atoms with E-state index in [1.807, 2.05) is 56.4 Å². The maximum absolute atomic E-state index is 12.9. The first-order valence-electron chi connectivity index (χ1n) is 13.6. The first-order valence-corrected chi connectivity index (χ1v) is 13.6. The lowest BCUT2D eigenvalue weighted by molar-refractivity contribution is -0.111. The number of H-pyrrole nitrogens is 1. The Labute approximate surface area is 244 Å². The van der Waals surface area contributed by atoms with Gasteiger partial charge in [-0.1, -0.05) is 23.8 Å². The molecule has 0 aliphatic carbocycles. The molecule has 5 rings (SSSR count). The lowest BCUT2D eigenvalue weighted by Gasteiger charge is -2.11. The van der Waals surface area contributed by atoms with Crippen molar-refractivity contribution in [3.05, 3.63) is 108 Å². The highest BCUT2D eigenvalue weighted by atomic mass is 16.2. The molecule has 3 aromatic carbocycles. The summed E-state index contributed by atoms with van der Waals surface area (Å²) in [5.41, 5.74) is 7.49. The maximum Gasteiger partial charge on any atom is 0.255 e. The number of nitrogens with zero attached hydrogens (tertiary/aromatic N) is 3. The Kier molecular flexibility index (Phi) is 8.40. The van der Waals surface area contributed by atoms with Crippen LogP contribution in [0.25, 0.3) is 22.2 Å². The smallest absolute Gasteiger partial charge is 0.255 e. The predicted octanol–water partition coefficient (Wildman–Crippen LogP) is 6.29. The second kappa shape index (κ2) is 12.5. The Morgan fingerprint density at radius 1 is 0.929 bits per heavy atom. The molecule has 9 heteroatoms. The summed E-state index contributed by atoms with van der Waals surface area (Å²) in [6.45, 7) is 4.74. The number of fused-ring (bicyclic) bond motifs is 1. The minimum Gasteiger partial charge on any atom is -0.360 e. The molecule has 0 atom stereocenters. The monoisotopic (exact) mass is 559 g/mol. The highest BCUT2D eigenvalue weighted by Gasteiger charge is 2.13. The summed E-state index contributed by atoms with van der Waals surface area (Å²) in [5, 5.41) is 10.1. The van der Waals surface area contributed by atoms with Crippen LogP contribution in [-0.4, -0.2) is 52.3 Å². The molecule has 0 radical (unpaired) electrons. The quantitative estimate of drug-likeness (QED) is 0.158. The molecule has 4 N–H and O–H groups in total. The van der Waals surface area contributed by atoms with E-state index in [0.717, 1.165) is 33.4 Å². The number of rotatable bonds is 9. The first-order chi connectivity index (χ1) is 20.2. The van der Waals surface area contributed by atoms with Crippen molar-refractivity contribution in [2.24, 2.45) is 0 Å². The molecule has 0 saturated carbocycles. The number of anilines is 4. The zero-order chi connectivity index (χ0) is 29.6. The normalized spacial score (nSPS) is 11.3. The van der Waals surface area contributed by atoms with Crippen LogP contribution in [0.1, 0.15) is 21.5 Å². The van der Waals surface area contributed by atoms with E-state index in [1.54, 1.807) is 36.5 Å². The highest BCUT2D eigenvalue weighted by Crippen LogP contribution is 2.31. The number of aromatic nitrogens is 3. The van der Waals surface area contributed by atoms with Crippen LogP contribution in [-0.2, 0) is 4.79 Å². The van der Waals surface area contributed by atoms with Gasteiger partial charge in [-0.25, -0.2) is 9.97 Å². The van der Waals surface area contributed by atoms with Crippen molar-refractivity contribution in [1.82, 2.24) is 19.9 Å². The lowest BCUT2D eigenvalue weighted by Crippen LogP contribution is -2.13. The van der Waals surface area contributed by atoms with Crippen molar-refractivity contribution in [2.45, 2.75) is 13.8 Å². The van der Waals surface area contributed by atoms with E-state index in [1.165, 1.54) is 11.6 Å². The van der Waals surface area contributed by atoms with E-state index in [2.05, 4.69) is 51.0 Å². The average molecular weight is 560 g/mol. The first kappa shape index (κ1) is 28.3. The van der Waals surface area contributed by atoms with E-state index in [4.69, 9.17) is 4.98 Å².